The molecule has 1 aliphatic rings. The maximum Gasteiger partial charge on any atom is 0.277 e. The molecule has 1 aliphatic heterocycles. The molecule has 126 valence electrons. The zero-order chi connectivity index (χ0) is 16.7. The van der Waals surface area contributed by atoms with Gasteiger partial charge in [0.25, 0.3) is 10.0 Å². The average Bonchev–Trinajstić information content (AvgIpc) is 3.29. The van der Waals surface area contributed by atoms with Gasteiger partial charge < -0.3 is 5.32 Å². The fraction of sp³-hybridized carbons (Fsp3) is 0.294. The van der Waals surface area contributed by atoms with Crippen LogP contribution >= 0.6 is 22.9 Å². The molecule has 4 rings (SSSR count). The van der Waals surface area contributed by atoms with Crippen LogP contribution in [0, 0.1) is 0 Å². The molecule has 7 heteroatoms. The van der Waals surface area contributed by atoms with Crippen LogP contribution in [0.1, 0.15) is 18.4 Å². The van der Waals surface area contributed by atoms with Gasteiger partial charge in [0.15, 0.2) is 0 Å². The molecule has 1 fully saturated rings. The minimum atomic E-state index is -3.63. The first kappa shape index (κ1) is 16.1. The highest BCUT2D eigenvalue weighted by Gasteiger charge is 2.24. The van der Waals surface area contributed by atoms with E-state index in [-0.39, 0.29) is 4.21 Å². The zero-order valence-electron chi connectivity index (χ0n) is 12.9. The Labute approximate surface area is 150 Å². The first-order valence-electron chi connectivity index (χ1n) is 7.89. The molecular formula is C17H17ClN2O2S2. The normalized spacial score (nSPS) is 18.5. The van der Waals surface area contributed by atoms with Gasteiger partial charge in [0, 0.05) is 17.6 Å². The lowest BCUT2D eigenvalue weighted by Crippen LogP contribution is -2.23. The third-order valence-electron chi connectivity index (χ3n) is 4.45. The number of rotatable bonds is 4. The highest BCUT2D eigenvalue weighted by atomic mass is 35.5. The predicted molar refractivity (Wildman–Crippen MR) is 98.6 cm³/mol. The van der Waals surface area contributed by atoms with E-state index < -0.39 is 10.0 Å². The predicted octanol–water partition coefficient (Wildman–Crippen LogP) is 3.89. The van der Waals surface area contributed by atoms with Gasteiger partial charge in [0.2, 0.25) is 0 Å². The van der Waals surface area contributed by atoms with E-state index in [1.807, 2.05) is 24.3 Å². The Morgan fingerprint density at radius 2 is 2.08 bits per heavy atom. The molecule has 0 saturated carbocycles. The molecule has 0 bridgehead atoms. The molecule has 0 amide bonds. The molecule has 2 aromatic heterocycles. The maximum absolute atomic E-state index is 13.0. The van der Waals surface area contributed by atoms with Crippen molar-refractivity contribution in [3.63, 3.8) is 0 Å². The standard InChI is InChI=1S/C17H17ClN2O2S2/c18-16-7-8-17(23-16)24(21,22)20-11-12(10-13-4-3-9-19-13)14-5-1-2-6-15(14)20/h1-2,5-8,11,13,19H,3-4,9-10H2/t13-/m0/s1. The average molecular weight is 381 g/mol. The van der Waals surface area contributed by atoms with E-state index in [2.05, 4.69) is 5.32 Å². The monoisotopic (exact) mass is 380 g/mol. The second-order valence-corrected chi connectivity index (χ2v) is 9.79. The Morgan fingerprint density at radius 1 is 1.25 bits per heavy atom. The summed E-state index contributed by atoms with van der Waals surface area (Å²) in [6.07, 6.45) is 4.92. The Hall–Kier alpha value is -1.34. The van der Waals surface area contributed by atoms with Crippen LogP contribution < -0.4 is 5.32 Å². The Balaban J connectivity index is 1.83. The van der Waals surface area contributed by atoms with Crippen LogP contribution in [0.5, 0.6) is 0 Å². The second kappa shape index (κ2) is 6.19. The van der Waals surface area contributed by atoms with Crippen molar-refractivity contribution in [2.75, 3.05) is 6.54 Å². The van der Waals surface area contributed by atoms with E-state index in [4.69, 9.17) is 11.6 Å². The summed E-state index contributed by atoms with van der Waals surface area (Å²) in [5.74, 6) is 0. The van der Waals surface area contributed by atoms with Crippen LogP contribution in [0.25, 0.3) is 10.9 Å². The molecular weight excluding hydrogens is 364 g/mol. The molecule has 3 heterocycles. The number of hydrogen-bond donors (Lipinski definition) is 1. The van der Waals surface area contributed by atoms with Crippen LogP contribution in [0.4, 0.5) is 0 Å². The molecule has 0 radical (unpaired) electrons. The first-order chi connectivity index (χ1) is 11.6. The number of nitrogens with one attached hydrogen (secondary N) is 1. The summed E-state index contributed by atoms with van der Waals surface area (Å²) in [5, 5.41) is 4.48. The summed E-state index contributed by atoms with van der Waals surface area (Å²) in [6.45, 7) is 1.04. The number of hydrogen-bond acceptors (Lipinski definition) is 4. The summed E-state index contributed by atoms with van der Waals surface area (Å²) >= 11 is 7.01. The van der Waals surface area contributed by atoms with Gasteiger partial charge in [-0.1, -0.05) is 29.8 Å². The molecule has 1 atom stereocenters. The maximum atomic E-state index is 13.0. The van der Waals surface area contributed by atoms with Crippen molar-refractivity contribution < 1.29 is 8.42 Å². The van der Waals surface area contributed by atoms with Gasteiger partial charge in [-0.05, 0) is 49.6 Å². The van der Waals surface area contributed by atoms with Crippen molar-refractivity contribution in [2.45, 2.75) is 29.5 Å². The van der Waals surface area contributed by atoms with Crippen molar-refractivity contribution in [1.82, 2.24) is 9.29 Å². The van der Waals surface area contributed by atoms with Gasteiger partial charge in [-0.25, -0.2) is 3.97 Å². The second-order valence-electron chi connectivity index (χ2n) is 6.03. The molecule has 4 nitrogen and oxygen atoms in total. The van der Waals surface area contributed by atoms with Gasteiger partial charge in [-0.3, -0.25) is 0 Å². The summed E-state index contributed by atoms with van der Waals surface area (Å²) in [5.41, 5.74) is 1.78. The molecule has 0 spiro atoms. The van der Waals surface area contributed by atoms with Gasteiger partial charge >= 0.3 is 0 Å². The van der Waals surface area contributed by atoms with Crippen LogP contribution in [0.3, 0.4) is 0 Å². The van der Waals surface area contributed by atoms with Crippen LogP contribution in [0.15, 0.2) is 46.8 Å². The van der Waals surface area contributed by atoms with Crippen molar-refractivity contribution in [1.29, 1.82) is 0 Å². The highest BCUT2D eigenvalue weighted by molar-refractivity contribution is 7.92. The van der Waals surface area contributed by atoms with Gasteiger partial charge in [0.1, 0.15) is 4.21 Å². The number of thiophene rings is 1. The molecule has 1 N–H and O–H groups in total. The molecule has 24 heavy (non-hydrogen) atoms. The van der Waals surface area contributed by atoms with E-state index in [1.165, 1.54) is 10.4 Å². The Morgan fingerprint density at radius 3 is 2.79 bits per heavy atom. The van der Waals surface area contributed by atoms with Crippen molar-refractivity contribution in [2.24, 2.45) is 0 Å². The quantitative estimate of drug-likeness (QED) is 0.747. The lowest BCUT2D eigenvalue weighted by Gasteiger charge is -2.08. The lowest BCUT2D eigenvalue weighted by molar-refractivity contribution is 0.589. The van der Waals surface area contributed by atoms with Crippen LogP contribution in [-0.2, 0) is 16.4 Å². The van der Waals surface area contributed by atoms with E-state index in [1.54, 1.807) is 18.3 Å². The summed E-state index contributed by atoms with van der Waals surface area (Å²) in [4.78, 5) is 0. The summed E-state index contributed by atoms with van der Waals surface area (Å²) in [7, 11) is -3.63. The van der Waals surface area contributed by atoms with E-state index in [0.717, 1.165) is 47.2 Å². The van der Waals surface area contributed by atoms with Gasteiger partial charge in [-0.15, -0.1) is 11.3 Å². The molecule has 1 saturated heterocycles. The third kappa shape index (κ3) is 2.77. The van der Waals surface area contributed by atoms with Crippen molar-refractivity contribution in [3.05, 3.63) is 52.5 Å². The number of fused-ring (bicyclic) bond motifs is 1. The summed E-state index contributed by atoms with van der Waals surface area (Å²) < 4.78 is 28.2. The Bertz CT molecular complexity index is 985. The SMILES string of the molecule is O=S(=O)(c1ccc(Cl)s1)n1cc(C[C@@H]2CCCN2)c2ccccc21. The Kier molecular flexibility index (Phi) is 4.16. The largest absolute Gasteiger partial charge is 0.314 e. The fourth-order valence-electron chi connectivity index (χ4n) is 3.31. The van der Waals surface area contributed by atoms with E-state index in [9.17, 15) is 8.42 Å². The topological polar surface area (TPSA) is 51.1 Å². The molecule has 1 aromatic carbocycles. The first-order valence-corrected chi connectivity index (χ1v) is 10.5. The zero-order valence-corrected chi connectivity index (χ0v) is 15.3. The smallest absolute Gasteiger partial charge is 0.277 e. The molecule has 0 unspecified atom stereocenters. The van der Waals surface area contributed by atoms with Crippen molar-refractivity contribution in [3.8, 4) is 0 Å². The summed E-state index contributed by atoms with van der Waals surface area (Å²) in [6, 6.07) is 11.3. The van der Waals surface area contributed by atoms with Crippen molar-refractivity contribution >= 4 is 43.9 Å². The third-order valence-corrected chi connectivity index (χ3v) is 7.82. The minimum absolute atomic E-state index is 0.263. The molecule has 0 aliphatic carbocycles. The number of halogens is 1. The highest BCUT2D eigenvalue weighted by Crippen LogP contribution is 2.31. The van der Waals surface area contributed by atoms with Crippen LogP contribution in [-0.4, -0.2) is 25.0 Å². The molecule has 3 aromatic rings. The number of benzene rings is 1. The van der Waals surface area contributed by atoms with Gasteiger partial charge in [0.05, 0.1) is 9.85 Å². The fourth-order valence-corrected chi connectivity index (χ4v) is 6.27. The number of nitrogens with zero attached hydrogens (tertiary/aromatic N) is 1. The lowest BCUT2D eigenvalue weighted by atomic mass is 10.0. The van der Waals surface area contributed by atoms with E-state index in [0.29, 0.717) is 10.4 Å². The van der Waals surface area contributed by atoms with Gasteiger partial charge in [-0.2, -0.15) is 8.42 Å². The van der Waals surface area contributed by atoms with E-state index >= 15 is 0 Å². The number of aromatic nitrogens is 1. The number of para-hydroxylation sites is 1. The van der Waals surface area contributed by atoms with Crippen LogP contribution in [0.2, 0.25) is 4.34 Å². The minimum Gasteiger partial charge on any atom is -0.314 e.